The van der Waals surface area contributed by atoms with Gasteiger partial charge in [0.05, 0.1) is 18.8 Å². The van der Waals surface area contributed by atoms with Crippen molar-refractivity contribution in [2.45, 2.75) is 50.0 Å². The summed E-state index contributed by atoms with van der Waals surface area (Å²) in [5.74, 6) is 0.0543. The Balaban J connectivity index is 1.49. The number of hydrogen-bond acceptors (Lipinski definition) is 7. The van der Waals surface area contributed by atoms with Gasteiger partial charge in [-0.2, -0.15) is 0 Å². The van der Waals surface area contributed by atoms with Crippen molar-refractivity contribution in [1.29, 1.82) is 0 Å². The van der Waals surface area contributed by atoms with E-state index in [4.69, 9.17) is 4.74 Å². The number of rotatable bonds is 10. The zero-order valence-corrected chi connectivity index (χ0v) is 24.0. The van der Waals surface area contributed by atoms with E-state index in [-0.39, 0.29) is 41.1 Å². The van der Waals surface area contributed by atoms with E-state index >= 15 is 0 Å². The van der Waals surface area contributed by atoms with Crippen LogP contribution in [0.25, 0.3) is 0 Å². The minimum Gasteiger partial charge on any atom is -0.508 e. The number of carbonyl (C=O) groups excluding carboxylic acids is 1. The predicted octanol–water partition coefficient (Wildman–Crippen LogP) is 6.50. The van der Waals surface area contributed by atoms with Crippen LogP contribution in [0.1, 0.15) is 69.3 Å². The highest BCUT2D eigenvalue weighted by Crippen LogP contribution is 2.46. The number of aromatic hydroxyl groups is 4. The number of phenolic OH excluding ortho intramolecular Hbond substituents is 4. The lowest BCUT2D eigenvalue weighted by atomic mass is 9.74. The molecule has 4 aromatic carbocycles. The average molecular weight is 581 g/mol. The first-order chi connectivity index (χ1) is 20.7. The molecule has 0 amide bonds. The number of fused-ring (bicyclic) bond motifs is 1. The molecule has 5 N–H and O–H groups in total. The maximum atomic E-state index is 13.6. The lowest BCUT2D eigenvalue weighted by Gasteiger charge is -2.30. The fourth-order valence-corrected chi connectivity index (χ4v) is 5.91. The summed E-state index contributed by atoms with van der Waals surface area (Å²) in [6.45, 7) is 0. The van der Waals surface area contributed by atoms with Crippen molar-refractivity contribution in [3.63, 3.8) is 0 Å². The van der Waals surface area contributed by atoms with Crippen LogP contribution < -0.4 is 4.74 Å². The molecule has 0 radical (unpaired) electrons. The third-order valence-electron chi connectivity index (χ3n) is 8.17. The van der Waals surface area contributed by atoms with Crippen molar-refractivity contribution in [2.24, 2.45) is 0 Å². The van der Waals surface area contributed by atoms with Gasteiger partial charge < -0.3 is 30.3 Å². The van der Waals surface area contributed by atoms with Crippen LogP contribution in [0.2, 0.25) is 0 Å². The van der Waals surface area contributed by atoms with Crippen molar-refractivity contribution >= 4 is 5.78 Å². The van der Waals surface area contributed by atoms with E-state index in [0.29, 0.717) is 48.1 Å². The number of aliphatic hydroxyl groups is 1. The van der Waals surface area contributed by atoms with E-state index in [1.807, 2.05) is 36.4 Å². The molecule has 7 heteroatoms. The number of hydrogen-bond donors (Lipinski definition) is 5. The molecule has 0 aromatic heterocycles. The van der Waals surface area contributed by atoms with Crippen molar-refractivity contribution in [3.05, 3.63) is 124 Å². The normalized spacial score (nSPS) is 16.1. The maximum absolute atomic E-state index is 13.6. The second kappa shape index (κ2) is 13.0. The summed E-state index contributed by atoms with van der Waals surface area (Å²) in [6, 6.07) is 22.0. The van der Waals surface area contributed by atoms with Crippen LogP contribution in [-0.2, 0) is 12.8 Å². The maximum Gasteiger partial charge on any atom is 0.167 e. The molecular weight excluding hydrogens is 544 g/mol. The Bertz CT molecular complexity index is 1590. The van der Waals surface area contributed by atoms with Gasteiger partial charge in [0.1, 0.15) is 28.7 Å². The lowest BCUT2D eigenvalue weighted by molar-refractivity contribution is 0.0960. The summed E-state index contributed by atoms with van der Waals surface area (Å²) in [7, 11) is 1.48. The highest BCUT2D eigenvalue weighted by molar-refractivity contribution is 6.02. The van der Waals surface area contributed by atoms with Gasteiger partial charge in [0.25, 0.3) is 0 Å². The zero-order valence-electron chi connectivity index (χ0n) is 24.0. The lowest BCUT2D eigenvalue weighted by Crippen LogP contribution is -2.22. The van der Waals surface area contributed by atoms with Gasteiger partial charge in [0, 0.05) is 24.0 Å². The number of benzene rings is 4. The molecule has 43 heavy (non-hydrogen) atoms. The molecule has 0 spiro atoms. The van der Waals surface area contributed by atoms with E-state index in [2.05, 4.69) is 0 Å². The molecule has 0 bridgehead atoms. The van der Waals surface area contributed by atoms with E-state index in [1.54, 1.807) is 48.5 Å². The van der Waals surface area contributed by atoms with Crippen LogP contribution in [0.15, 0.2) is 91.0 Å². The number of aryl methyl sites for hydroxylation is 1. The molecule has 1 aliphatic carbocycles. The monoisotopic (exact) mass is 580 g/mol. The number of carbonyl (C=O) groups is 1. The Kier molecular flexibility index (Phi) is 9.02. The first kappa shape index (κ1) is 29.7. The molecule has 3 atom stereocenters. The number of Topliss-reactive ketones (excluding diaryl/α,β-unsaturated/α-hetero) is 1. The average Bonchev–Trinajstić information content (AvgIpc) is 3.00. The molecule has 222 valence electrons. The van der Waals surface area contributed by atoms with Crippen molar-refractivity contribution in [1.82, 2.24) is 0 Å². The Hall–Kier alpha value is -4.75. The Morgan fingerprint density at radius 1 is 0.860 bits per heavy atom. The summed E-state index contributed by atoms with van der Waals surface area (Å²) < 4.78 is 5.55. The van der Waals surface area contributed by atoms with Crippen molar-refractivity contribution in [2.75, 3.05) is 7.11 Å². The van der Waals surface area contributed by atoms with Gasteiger partial charge in [0.2, 0.25) is 0 Å². The Morgan fingerprint density at radius 2 is 1.47 bits per heavy atom. The summed E-state index contributed by atoms with van der Waals surface area (Å²) >= 11 is 0. The molecule has 3 unspecified atom stereocenters. The minimum absolute atomic E-state index is 0.00893. The second-order valence-electron chi connectivity index (χ2n) is 11.1. The number of ketones is 1. The van der Waals surface area contributed by atoms with E-state index in [1.165, 1.54) is 13.2 Å². The van der Waals surface area contributed by atoms with Gasteiger partial charge in [-0.3, -0.25) is 4.79 Å². The minimum atomic E-state index is -0.607. The fourth-order valence-electron chi connectivity index (χ4n) is 5.91. The molecule has 0 heterocycles. The summed E-state index contributed by atoms with van der Waals surface area (Å²) in [4.78, 5) is 13.6. The molecule has 1 aliphatic rings. The van der Waals surface area contributed by atoms with Crippen molar-refractivity contribution in [3.8, 4) is 28.7 Å². The molecule has 4 aromatic rings. The summed E-state index contributed by atoms with van der Waals surface area (Å²) in [6.07, 6.45) is 5.51. The highest BCUT2D eigenvalue weighted by Gasteiger charge is 2.34. The van der Waals surface area contributed by atoms with Gasteiger partial charge >= 0.3 is 0 Å². The van der Waals surface area contributed by atoms with Gasteiger partial charge in [-0.25, -0.2) is 0 Å². The van der Waals surface area contributed by atoms with E-state index < -0.39 is 12.0 Å². The SMILES string of the molecule is COc1cc(O)c(C(C=CCC(O)CCc2ccc(O)cc2)c2ccc(O)cc2)c2c1C(=O)CC(c1ccc(O)cc1)C2. The van der Waals surface area contributed by atoms with Crippen LogP contribution in [-0.4, -0.2) is 44.5 Å². The van der Waals surface area contributed by atoms with E-state index in [9.17, 15) is 30.3 Å². The summed E-state index contributed by atoms with van der Waals surface area (Å²) in [5.41, 5.74) is 4.46. The third kappa shape index (κ3) is 6.84. The van der Waals surface area contributed by atoms with Crippen molar-refractivity contribution < 1.29 is 35.1 Å². The molecule has 7 nitrogen and oxygen atoms in total. The van der Waals surface area contributed by atoms with Crippen LogP contribution in [0, 0.1) is 0 Å². The number of phenols is 4. The van der Waals surface area contributed by atoms with Gasteiger partial charge in [-0.05, 0) is 90.3 Å². The van der Waals surface area contributed by atoms with Gasteiger partial charge in [-0.1, -0.05) is 48.6 Å². The van der Waals surface area contributed by atoms with E-state index in [0.717, 1.165) is 16.7 Å². The van der Waals surface area contributed by atoms with Crippen LogP contribution in [0.3, 0.4) is 0 Å². The standard InChI is InChI=1S/C36H36O7/c1-43-34-21-33(42)35(31-19-25(20-32(41)36(31)34)23-8-15-28(39)16-9-23)30(24-10-17-29(40)18-11-24)4-2-3-26(37)12-5-22-6-13-27(38)14-7-22/h2,4,6-11,13-18,21,25-26,30,37-40,42H,3,5,12,19-20H2,1H3. The summed E-state index contributed by atoms with van der Waals surface area (Å²) in [5, 5.41) is 51.4. The quantitative estimate of drug-likeness (QED) is 0.135. The van der Waals surface area contributed by atoms with Crippen LogP contribution in [0.5, 0.6) is 28.7 Å². The number of allylic oxidation sites excluding steroid dienone is 1. The largest absolute Gasteiger partial charge is 0.508 e. The molecule has 0 saturated carbocycles. The number of methoxy groups -OCH3 is 1. The first-order valence-electron chi connectivity index (χ1n) is 14.4. The topological polar surface area (TPSA) is 127 Å². The second-order valence-corrected chi connectivity index (χ2v) is 11.1. The molecule has 0 saturated heterocycles. The number of aliphatic hydroxyl groups excluding tert-OH is 1. The molecular formula is C36H36O7. The number of ether oxygens (including phenoxy) is 1. The smallest absolute Gasteiger partial charge is 0.167 e. The first-order valence-corrected chi connectivity index (χ1v) is 14.4. The highest BCUT2D eigenvalue weighted by atomic mass is 16.5. The Labute approximate surface area is 251 Å². The Morgan fingerprint density at radius 3 is 2.09 bits per heavy atom. The van der Waals surface area contributed by atoms with Crippen LogP contribution in [0.4, 0.5) is 0 Å². The van der Waals surface area contributed by atoms with Crippen LogP contribution >= 0.6 is 0 Å². The molecule has 0 fully saturated rings. The zero-order chi connectivity index (χ0) is 30.5. The fraction of sp³-hybridized carbons (Fsp3) is 0.250. The van der Waals surface area contributed by atoms with Gasteiger partial charge in [0.15, 0.2) is 5.78 Å². The third-order valence-corrected chi connectivity index (χ3v) is 8.17. The predicted molar refractivity (Wildman–Crippen MR) is 164 cm³/mol. The molecule has 5 rings (SSSR count). The van der Waals surface area contributed by atoms with Gasteiger partial charge in [-0.15, -0.1) is 0 Å². The molecule has 0 aliphatic heterocycles.